The van der Waals surface area contributed by atoms with Gasteiger partial charge in [-0.3, -0.25) is 9.59 Å². The van der Waals surface area contributed by atoms with Crippen LogP contribution >= 0.6 is 0 Å². The number of fused-ring (bicyclic) bond motifs is 2. The minimum Gasteiger partial charge on any atom is -0.346 e. The van der Waals surface area contributed by atoms with Gasteiger partial charge in [0.05, 0.1) is 12.2 Å². The second-order valence-electron chi connectivity index (χ2n) is 10.6. The van der Waals surface area contributed by atoms with Gasteiger partial charge in [-0.2, -0.15) is 4.98 Å². The van der Waals surface area contributed by atoms with Crippen molar-refractivity contribution in [3.8, 4) is 5.69 Å². The molecule has 0 aliphatic carbocycles. The zero-order valence-corrected chi connectivity index (χ0v) is 24.9. The Morgan fingerprint density at radius 2 is 1.93 bits per heavy atom. The van der Waals surface area contributed by atoms with Gasteiger partial charge >= 0.3 is 0 Å². The lowest BCUT2D eigenvalue weighted by Gasteiger charge is -2.21. The van der Waals surface area contributed by atoms with Crippen LogP contribution in [-0.2, 0) is 17.9 Å². The van der Waals surface area contributed by atoms with E-state index in [9.17, 15) is 9.59 Å². The number of benzene rings is 2. The Hall–Kier alpha value is -4.70. The van der Waals surface area contributed by atoms with Gasteiger partial charge in [0.1, 0.15) is 5.39 Å². The first-order chi connectivity index (χ1) is 20.3. The minimum absolute atomic E-state index is 0.0310. The maximum Gasteiger partial charge on any atom is 0.278 e. The molecule has 1 amide bonds. The van der Waals surface area contributed by atoms with Gasteiger partial charge in [-0.05, 0) is 69.9 Å². The highest BCUT2D eigenvalue weighted by molar-refractivity contribution is 5.92. The number of nitrogens with one attached hydrogen (secondary N) is 1. The molecule has 0 bridgehead atoms. The van der Waals surface area contributed by atoms with Crippen LogP contribution in [0.15, 0.2) is 77.9 Å². The number of aromatic nitrogens is 5. The van der Waals surface area contributed by atoms with Crippen molar-refractivity contribution in [1.29, 1.82) is 0 Å². The second-order valence-corrected chi connectivity index (χ2v) is 10.6. The number of allylic oxidation sites excluding steroid dienone is 2. The summed E-state index contributed by atoms with van der Waals surface area (Å²) < 4.78 is 5.70. The van der Waals surface area contributed by atoms with Crippen molar-refractivity contribution < 1.29 is 4.79 Å². The molecule has 1 N–H and O–H groups in total. The molecule has 0 radical (unpaired) electrons. The first-order valence-electron chi connectivity index (χ1n) is 14.3. The molecule has 0 saturated heterocycles. The Morgan fingerprint density at radius 1 is 1.10 bits per heavy atom. The number of hydrogen-bond donors (Lipinski definition) is 1. The molecule has 3 aromatic heterocycles. The lowest BCUT2D eigenvalue weighted by molar-refractivity contribution is -0.116. The fourth-order valence-electron chi connectivity index (χ4n) is 5.12. The van der Waals surface area contributed by atoms with Gasteiger partial charge in [-0.25, -0.2) is 14.3 Å². The molecule has 0 atom stereocenters. The van der Waals surface area contributed by atoms with E-state index in [1.165, 1.54) is 0 Å². The van der Waals surface area contributed by atoms with E-state index in [-0.39, 0.29) is 11.5 Å². The van der Waals surface area contributed by atoms with Crippen LogP contribution in [0.3, 0.4) is 0 Å². The van der Waals surface area contributed by atoms with Gasteiger partial charge in [0, 0.05) is 61.2 Å². The van der Waals surface area contributed by atoms with Crippen molar-refractivity contribution in [3.63, 3.8) is 0 Å². The molecule has 3 heterocycles. The molecule has 10 nitrogen and oxygen atoms in total. The molecular formula is C32H38N8O2. The predicted octanol–water partition coefficient (Wildman–Crippen LogP) is 5.18. The molecule has 0 fully saturated rings. The van der Waals surface area contributed by atoms with E-state index in [2.05, 4.69) is 58.3 Å². The number of amides is 1. The van der Waals surface area contributed by atoms with Crippen molar-refractivity contribution in [2.24, 2.45) is 0 Å². The van der Waals surface area contributed by atoms with Crippen LogP contribution in [0.4, 0.5) is 17.3 Å². The van der Waals surface area contributed by atoms with Gasteiger partial charge in [-0.1, -0.05) is 25.1 Å². The summed E-state index contributed by atoms with van der Waals surface area (Å²) in [6, 6.07) is 15.9. The number of carbonyl (C=O) groups is 1. The van der Waals surface area contributed by atoms with Crippen LogP contribution < -0.4 is 15.8 Å². The van der Waals surface area contributed by atoms with Gasteiger partial charge in [0.25, 0.3) is 5.56 Å². The highest BCUT2D eigenvalue weighted by Crippen LogP contribution is 2.25. The summed E-state index contributed by atoms with van der Waals surface area (Å²) in [6.45, 7) is 8.37. The molecule has 42 heavy (non-hydrogen) atoms. The van der Waals surface area contributed by atoms with Crippen LogP contribution in [0.25, 0.3) is 27.6 Å². The van der Waals surface area contributed by atoms with Crippen LogP contribution in [-0.4, -0.2) is 61.9 Å². The topological polar surface area (TPSA) is 93.2 Å². The van der Waals surface area contributed by atoms with Gasteiger partial charge < -0.3 is 19.7 Å². The van der Waals surface area contributed by atoms with Crippen molar-refractivity contribution in [3.05, 3.63) is 83.4 Å². The number of carbonyl (C=O) groups excluding carboxylic acids is 1. The quantitative estimate of drug-likeness (QED) is 0.222. The Balaban J connectivity index is 1.55. The SMILES string of the molecule is C/C=C\Cn1c(=O)c2cnc(Nc3ccc4c(ccn4CCN(C)C)c3)nc2n1-c1cccc(N(CCC)C(C)=O)c1. The van der Waals surface area contributed by atoms with E-state index in [0.29, 0.717) is 30.1 Å². The molecule has 5 rings (SSSR count). The molecule has 0 spiro atoms. The molecular weight excluding hydrogens is 528 g/mol. The second kappa shape index (κ2) is 12.4. The standard InChI is InChI=1S/C32H38N8O2/c1-6-8-16-39-31(42)28-22-33-32(34-25-12-13-29-24(20-25)14-17-37(29)19-18-36(4)5)35-30(28)40(39)27-11-9-10-26(21-27)38(15-7-2)23(3)41/h6,8-14,17,20-22H,7,15-16,18-19H2,1-5H3,(H,33,34,35)/b8-6-. The predicted molar refractivity (Wildman–Crippen MR) is 170 cm³/mol. The van der Waals surface area contributed by atoms with E-state index < -0.39 is 0 Å². The van der Waals surface area contributed by atoms with E-state index in [1.54, 1.807) is 22.7 Å². The lowest BCUT2D eigenvalue weighted by atomic mass is 10.2. The first kappa shape index (κ1) is 28.8. The maximum absolute atomic E-state index is 13.5. The van der Waals surface area contributed by atoms with Gasteiger partial charge in [-0.15, -0.1) is 0 Å². The summed E-state index contributed by atoms with van der Waals surface area (Å²) in [4.78, 5) is 39.1. The molecule has 10 heteroatoms. The average molecular weight is 567 g/mol. The third-order valence-corrected chi connectivity index (χ3v) is 7.22. The zero-order valence-electron chi connectivity index (χ0n) is 24.9. The molecule has 0 saturated carbocycles. The van der Waals surface area contributed by atoms with E-state index in [4.69, 9.17) is 4.98 Å². The van der Waals surface area contributed by atoms with Crippen molar-refractivity contribution in [2.45, 2.75) is 40.3 Å². The van der Waals surface area contributed by atoms with Crippen molar-refractivity contribution in [1.82, 2.24) is 28.8 Å². The zero-order chi connectivity index (χ0) is 29.8. The summed E-state index contributed by atoms with van der Waals surface area (Å²) in [5, 5.41) is 4.86. The van der Waals surface area contributed by atoms with E-state index in [1.807, 2.05) is 61.0 Å². The summed E-state index contributed by atoms with van der Waals surface area (Å²) in [7, 11) is 4.14. The van der Waals surface area contributed by atoms with Gasteiger partial charge in [0.2, 0.25) is 11.9 Å². The smallest absolute Gasteiger partial charge is 0.278 e. The summed E-state index contributed by atoms with van der Waals surface area (Å²) in [5.41, 5.74) is 3.82. The minimum atomic E-state index is -0.183. The molecule has 0 aliphatic rings. The third-order valence-electron chi connectivity index (χ3n) is 7.22. The van der Waals surface area contributed by atoms with Crippen LogP contribution in [0, 0.1) is 0 Å². The first-order valence-corrected chi connectivity index (χ1v) is 14.3. The van der Waals surface area contributed by atoms with Crippen LogP contribution in [0.5, 0.6) is 0 Å². The Labute approximate surface area is 245 Å². The third kappa shape index (κ3) is 5.84. The Kier molecular flexibility index (Phi) is 8.53. The maximum atomic E-state index is 13.5. The summed E-state index contributed by atoms with van der Waals surface area (Å²) >= 11 is 0. The van der Waals surface area contributed by atoms with Crippen LogP contribution in [0.2, 0.25) is 0 Å². The molecule has 2 aromatic carbocycles. The van der Waals surface area contributed by atoms with E-state index >= 15 is 0 Å². The summed E-state index contributed by atoms with van der Waals surface area (Å²) in [5.74, 6) is 0.356. The molecule has 0 aliphatic heterocycles. The number of anilines is 3. The molecule has 218 valence electrons. The average Bonchev–Trinajstić information content (AvgIpc) is 3.50. The molecule has 5 aromatic rings. The van der Waals surface area contributed by atoms with Crippen LogP contribution in [0.1, 0.15) is 27.2 Å². The fraction of sp³-hybridized carbons (Fsp3) is 0.312. The summed E-state index contributed by atoms with van der Waals surface area (Å²) in [6.07, 6.45) is 8.35. The Bertz CT molecular complexity index is 1810. The number of likely N-dealkylation sites (N-methyl/N-ethyl adjacent to an activating group) is 1. The highest BCUT2D eigenvalue weighted by atomic mass is 16.2. The lowest BCUT2D eigenvalue weighted by Crippen LogP contribution is -2.29. The van der Waals surface area contributed by atoms with Crippen molar-refractivity contribution in [2.75, 3.05) is 37.4 Å². The monoisotopic (exact) mass is 566 g/mol. The largest absolute Gasteiger partial charge is 0.346 e. The number of hydrogen-bond acceptors (Lipinski definition) is 6. The van der Waals surface area contributed by atoms with E-state index in [0.717, 1.165) is 47.5 Å². The normalized spacial score (nSPS) is 11.8. The fourth-order valence-corrected chi connectivity index (χ4v) is 5.12. The Morgan fingerprint density at radius 3 is 2.67 bits per heavy atom. The number of rotatable bonds is 11. The van der Waals surface area contributed by atoms with Gasteiger partial charge in [0.15, 0.2) is 5.65 Å². The number of nitrogens with zero attached hydrogens (tertiary/aromatic N) is 7. The van der Waals surface area contributed by atoms with Crippen molar-refractivity contribution >= 4 is 45.2 Å². The molecule has 0 unspecified atom stereocenters. The highest BCUT2D eigenvalue weighted by Gasteiger charge is 2.19.